The third-order valence-corrected chi connectivity index (χ3v) is 5.63. The van der Waals surface area contributed by atoms with Crippen molar-refractivity contribution in [2.45, 2.75) is 25.9 Å². The number of hydrogen-bond acceptors (Lipinski definition) is 6. The van der Waals surface area contributed by atoms with Crippen LogP contribution in [0.2, 0.25) is 0 Å². The number of aliphatic hydroxyl groups is 1. The highest BCUT2D eigenvalue weighted by molar-refractivity contribution is 6.46. The predicted molar refractivity (Wildman–Crippen MR) is 127 cm³/mol. The molecule has 1 amide bonds. The minimum Gasteiger partial charge on any atom is -0.507 e. The van der Waals surface area contributed by atoms with Gasteiger partial charge in [-0.05, 0) is 35.7 Å². The summed E-state index contributed by atoms with van der Waals surface area (Å²) in [7, 11) is 1.54. The number of nitrogens with zero attached hydrogens (tertiary/aromatic N) is 2. The largest absolute Gasteiger partial charge is 0.507 e. The number of ether oxygens (including phenoxy) is 2. The molecule has 3 aromatic rings. The molecule has 0 saturated carbocycles. The Labute approximate surface area is 198 Å². The van der Waals surface area contributed by atoms with Crippen molar-refractivity contribution < 1.29 is 24.2 Å². The Balaban J connectivity index is 1.85. The highest BCUT2D eigenvalue weighted by Crippen LogP contribution is 2.42. The Morgan fingerprint density at radius 2 is 1.85 bits per heavy atom. The van der Waals surface area contributed by atoms with E-state index in [-0.39, 0.29) is 17.9 Å². The lowest BCUT2D eigenvalue weighted by Crippen LogP contribution is -2.29. The van der Waals surface area contributed by atoms with Crippen LogP contribution in [0.25, 0.3) is 5.76 Å². The first-order valence-electron chi connectivity index (χ1n) is 11.1. The Morgan fingerprint density at radius 1 is 1.06 bits per heavy atom. The molecule has 0 spiro atoms. The average Bonchev–Trinajstić information content (AvgIpc) is 3.13. The molecule has 4 rings (SSSR count). The van der Waals surface area contributed by atoms with Gasteiger partial charge in [-0.3, -0.25) is 14.6 Å². The van der Waals surface area contributed by atoms with Crippen molar-refractivity contribution in [2.75, 3.05) is 13.7 Å². The number of benzene rings is 2. The number of aliphatic hydroxyl groups excluding tert-OH is 1. The van der Waals surface area contributed by atoms with Crippen LogP contribution in [-0.2, 0) is 16.1 Å². The van der Waals surface area contributed by atoms with Crippen molar-refractivity contribution in [3.8, 4) is 11.5 Å². The van der Waals surface area contributed by atoms with Gasteiger partial charge in [-0.25, -0.2) is 0 Å². The molecule has 1 aromatic heterocycles. The molecule has 7 heteroatoms. The number of aromatic nitrogens is 1. The van der Waals surface area contributed by atoms with Gasteiger partial charge in [0.2, 0.25) is 0 Å². The quantitative estimate of drug-likeness (QED) is 0.304. The fraction of sp³-hybridized carbons (Fsp3) is 0.222. The molecule has 1 aliphatic heterocycles. The Bertz CT molecular complexity index is 1210. The van der Waals surface area contributed by atoms with Crippen LogP contribution in [0, 0.1) is 0 Å². The van der Waals surface area contributed by atoms with E-state index in [9.17, 15) is 14.7 Å². The van der Waals surface area contributed by atoms with Crippen molar-refractivity contribution in [1.82, 2.24) is 9.88 Å². The van der Waals surface area contributed by atoms with E-state index in [1.54, 1.807) is 60.9 Å². The van der Waals surface area contributed by atoms with Crippen molar-refractivity contribution >= 4 is 17.4 Å². The fourth-order valence-corrected chi connectivity index (χ4v) is 4.02. The lowest BCUT2D eigenvalue weighted by molar-refractivity contribution is -0.140. The summed E-state index contributed by atoms with van der Waals surface area (Å²) >= 11 is 0. The lowest BCUT2D eigenvalue weighted by atomic mass is 9.95. The van der Waals surface area contributed by atoms with Gasteiger partial charge in [0.15, 0.2) is 11.5 Å². The molecule has 0 bridgehead atoms. The molecule has 34 heavy (non-hydrogen) atoms. The zero-order valence-corrected chi connectivity index (χ0v) is 19.1. The van der Waals surface area contributed by atoms with Crippen LogP contribution < -0.4 is 9.47 Å². The first kappa shape index (κ1) is 23.0. The van der Waals surface area contributed by atoms with Gasteiger partial charge in [0.25, 0.3) is 11.7 Å². The van der Waals surface area contributed by atoms with E-state index in [2.05, 4.69) is 4.98 Å². The third-order valence-electron chi connectivity index (χ3n) is 5.63. The van der Waals surface area contributed by atoms with Crippen LogP contribution in [0.1, 0.15) is 36.1 Å². The second kappa shape index (κ2) is 10.2. The summed E-state index contributed by atoms with van der Waals surface area (Å²) in [4.78, 5) is 31.9. The topological polar surface area (TPSA) is 89.0 Å². The highest BCUT2D eigenvalue weighted by Gasteiger charge is 2.46. The second-order valence-corrected chi connectivity index (χ2v) is 7.91. The molecular formula is C27H26N2O5. The van der Waals surface area contributed by atoms with Crippen molar-refractivity contribution in [1.29, 1.82) is 0 Å². The van der Waals surface area contributed by atoms with Gasteiger partial charge >= 0.3 is 0 Å². The maximum atomic E-state index is 13.2. The van der Waals surface area contributed by atoms with E-state index in [1.165, 1.54) is 12.0 Å². The molecule has 0 aliphatic carbocycles. The Kier molecular flexibility index (Phi) is 6.92. The molecule has 0 unspecified atom stereocenters. The fourth-order valence-electron chi connectivity index (χ4n) is 4.02. The van der Waals surface area contributed by atoms with Crippen LogP contribution in [0.5, 0.6) is 11.5 Å². The predicted octanol–water partition coefficient (Wildman–Crippen LogP) is 4.50. The average molecular weight is 459 g/mol. The van der Waals surface area contributed by atoms with E-state index in [0.29, 0.717) is 29.2 Å². The number of hydrogen-bond donors (Lipinski definition) is 1. The van der Waals surface area contributed by atoms with Crippen LogP contribution in [-0.4, -0.2) is 40.4 Å². The number of amides is 1. The number of carbonyl (C=O) groups is 2. The molecular weight excluding hydrogens is 432 g/mol. The van der Waals surface area contributed by atoms with Crippen molar-refractivity contribution in [2.24, 2.45) is 0 Å². The summed E-state index contributed by atoms with van der Waals surface area (Å²) in [5.41, 5.74) is 1.89. The minimum atomic E-state index is -0.811. The van der Waals surface area contributed by atoms with Gasteiger partial charge in [-0.1, -0.05) is 49.4 Å². The Hall–Kier alpha value is -4.13. The zero-order valence-electron chi connectivity index (χ0n) is 19.1. The summed E-state index contributed by atoms with van der Waals surface area (Å²) in [5.74, 6) is -0.585. The lowest BCUT2D eigenvalue weighted by Gasteiger charge is -2.26. The van der Waals surface area contributed by atoms with Crippen LogP contribution in [0.4, 0.5) is 0 Å². The van der Waals surface area contributed by atoms with Crippen LogP contribution in [0.15, 0.2) is 78.6 Å². The van der Waals surface area contributed by atoms with Gasteiger partial charge in [-0.2, -0.15) is 0 Å². The highest BCUT2D eigenvalue weighted by atomic mass is 16.5. The standard InChI is InChI=1S/C27H26N2O5/c1-3-14-34-21-12-11-20(15-22(21)33-2)24-23(25(30)19-9-5-4-6-10-19)26(31)27(32)29(24)17-18-8-7-13-28-16-18/h4-13,15-16,24,30H,3,14,17H2,1-2H3/t24-/m1/s1. The molecule has 1 saturated heterocycles. The SMILES string of the molecule is CCCOc1ccc([C@@H]2C(=C(O)c3ccccc3)C(=O)C(=O)N2Cc2cccnc2)cc1OC. The van der Waals surface area contributed by atoms with E-state index >= 15 is 0 Å². The number of Topliss-reactive ketones (excluding diaryl/α,β-unsaturated/α-hetero) is 1. The van der Waals surface area contributed by atoms with E-state index in [1.807, 2.05) is 19.1 Å². The van der Waals surface area contributed by atoms with Gasteiger partial charge in [0, 0.05) is 24.5 Å². The molecule has 2 aromatic carbocycles. The molecule has 7 nitrogen and oxygen atoms in total. The Morgan fingerprint density at radius 3 is 2.53 bits per heavy atom. The molecule has 1 N–H and O–H groups in total. The molecule has 2 heterocycles. The first-order chi connectivity index (χ1) is 16.5. The van der Waals surface area contributed by atoms with E-state index < -0.39 is 17.7 Å². The summed E-state index contributed by atoms with van der Waals surface area (Å²) in [6.45, 7) is 2.70. The molecule has 1 atom stereocenters. The maximum absolute atomic E-state index is 13.2. The van der Waals surface area contributed by atoms with Gasteiger partial charge in [-0.15, -0.1) is 0 Å². The van der Waals surface area contributed by atoms with E-state index in [0.717, 1.165) is 12.0 Å². The smallest absolute Gasteiger partial charge is 0.295 e. The molecule has 1 aliphatic rings. The number of methoxy groups -OCH3 is 1. The molecule has 0 radical (unpaired) electrons. The monoisotopic (exact) mass is 458 g/mol. The zero-order chi connectivity index (χ0) is 24.1. The van der Waals surface area contributed by atoms with Crippen LogP contribution >= 0.6 is 0 Å². The van der Waals surface area contributed by atoms with Gasteiger partial charge in [0.05, 0.1) is 25.3 Å². The maximum Gasteiger partial charge on any atom is 0.295 e. The van der Waals surface area contributed by atoms with Gasteiger partial charge < -0.3 is 19.5 Å². The minimum absolute atomic E-state index is 0.0318. The number of pyridine rings is 1. The summed E-state index contributed by atoms with van der Waals surface area (Å²) in [5, 5.41) is 11.1. The van der Waals surface area contributed by atoms with Crippen molar-refractivity contribution in [3.05, 3.63) is 95.3 Å². The number of likely N-dealkylation sites (tertiary alicyclic amines) is 1. The van der Waals surface area contributed by atoms with Crippen LogP contribution in [0.3, 0.4) is 0 Å². The normalized spacial score (nSPS) is 17.1. The van der Waals surface area contributed by atoms with Gasteiger partial charge in [0.1, 0.15) is 5.76 Å². The van der Waals surface area contributed by atoms with E-state index in [4.69, 9.17) is 9.47 Å². The second-order valence-electron chi connectivity index (χ2n) is 7.91. The number of carbonyl (C=O) groups excluding carboxylic acids is 2. The molecule has 174 valence electrons. The summed E-state index contributed by atoms with van der Waals surface area (Å²) in [6, 6.07) is 16.8. The summed E-state index contributed by atoms with van der Waals surface area (Å²) in [6.07, 6.45) is 4.13. The molecule has 1 fully saturated rings. The van der Waals surface area contributed by atoms with Crippen molar-refractivity contribution in [3.63, 3.8) is 0 Å². The first-order valence-corrected chi connectivity index (χ1v) is 11.1. The number of ketones is 1. The number of rotatable bonds is 8. The third kappa shape index (κ3) is 4.50. The summed E-state index contributed by atoms with van der Waals surface area (Å²) < 4.78 is 11.3.